The van der Waals surface area contributed by atoms with E-state index in [2.05, 4.69) is 5.10 Å². The molecule has 0 saturated heterocycles. The third kappa shape index (κ3) is 4.19. The number of benzene rings is 2. The van der Waals surface area contributed by atoms with E-state index in [1.54, 1.807) is 24.3 Å². The number of hydrogen-bond acceptors (Lipinski definition) is 4. The SMILES string of the molecule is CCOc1ccc(-n2nc(C(F)(F)F)cc2-c2ccc(S(C)(=O)=O)cc2)cc1. The van der Waals surface area contributed by atoms with E-state index in [-0.39, 0.29) is 10.6 Å². The summed E-state index contributed by atoms with van der Waals surface area (Å²) >= 11 is 0. The van der Waals surface area contributed by atoms with Gasteiger partial charge in [0.2, 0.25) is 0 Å². The quantitative estimate of drug-likeness (QED) is 0.627. The van der Waals surface area contributed by atoms with E-state index in [0.717, 1.165) is 12.3 Å². The van der Waals surface area contributed by atoms with E-state index in [1.807, 2.05) is 6.92 Å². The second-order valence-corrected chi connectivity index (χ2v) is 8.06. The van der Waals surface area contributed by atoms with Crippen LogP contribution in [0.5, 0.6) is 5.75 Å². The summed E-state index contributed by atoms with van der Waals surface area (Å²) in [7, 11) is -3.41. The summed E-state index contributed by atoms with van der Waals surface area (Å²) in [4.78, 5) is 0.0828. The third-order valence-corrected chi connectivity index (χ3v) is 5.10. The van der Waals surface area contributed by atoms with Crippen LogP contribution in [0.4, 0.5) is 13.2 Å². The lowest BCUT2D eigenvalue weighted by Gasteiger charge is -2.09. The van der Waals surface area contributed by atoms with Crippen LogP contribution in [-0.2, 0) is 16.0 Å². The average Bonchev–Trinajstić information content (AvgIpc) is 3.08. The molecule has 0 saturated carbocycles. The molecule has 0 aliphatic rings. The standard InChI is InChI=1S/C19H17F3N2O3S/c1-3-27-15-8-6-14(7-9-15)24-17(12-18(23-24)19(20,21)22)13-4-10-16(11-5-13)28(2,25)26/h4-12H,3H2,1-2H3. The molecule has 0 unspecified atom stereocenters. The van der Waals surface area contributed by atoms with Crippen LogP contribution >= 0.6 is 0 Å². The summed E-state index contributed by atoms with van der Waals surface area (Å²) in [6.07, 6.45) is -3.55. The lowest BCUT2D eigenvalue weighted by atomic mass is 10.1. The Balaban J connectivity index is 2.10. The van der Waals surface area contributed by atoms with Gasteiger partial charge in [-0.2, -0.15) is 18.3 Å². The Morgan fingerprint density at radius 2 is 1.64 bits per heavy atom. The van der Waals surface area contributed by atoms with Crippen LogP contribution in [0.3, 0.4) is 0 Å². The number of rotatable bonds is 5. The minimum atomic E-state index is -4.61. The molecule has 28 heavy (non-hydrogen) atoms. The van der Waals surface area contributed by atoms with Gasteiger partial charge < -0.3 is 4.74 Å². The van der Waals surface area contributed by atoms with Crippen LogP contribution in [0.25, 0.3) is 16.9 Å². The lowest BCUT2D eigenvalue weighted by molar-refractivity contribution is -0.141. The topological polar surface area (TPSA) is 61.2 Å². The zero-order chi connectivity index (χ0) is 20.5. The Hall–Kier alpha value is -2.81. The van der Waals surface area contributed by atoms with Crippen LogP contribution in [0.1, 0.15) is 12.6 Å². The molecule has 0 radical (unpaired) electrons. The molecule has 0 spiro atoms. The number of ether oxygens (including phenoxy) is 1. The van der Waals surface area contributed by atoms with Crippen LogP contribution in [0, 0.1) is 0 Å². The first kappa shape index (κ1) is 19.9. The maximum absolute atomic E-state index is 13.2. The van der Waals surface area contributed by atoms with Crippen molar-refractivity contribution < 1.29 is 26.3 Å². The lowest BCUT2D eigenvalue weighted by Crippen LogP contribution is -2.07. The van der Waals surface area contributed by atoms with Crippen molar-refractivity contribution in [3.05, 3.63) is 60.3 Å². The fourth-order valence-electron chi connectivity index (χ4n) is 2.65. The number of aromatic nitrogens is 2. The van der Waals surface area contributed by atoms with Gasteiger partial charge in [-0.05, 0) is 49.4 Å². The molecule has 3 aromatic rings. The predicted octanol–water partition coefficient (Wildman–Crippen LogP) is 4.36. The monoisotopic (exact) mass is 410 g/mol. The number of nitrogens with zero attached hydrogens (tertiary/aromatic N) is 2. The van der Waals surface area contributed by atoms with Crippen molar-refractivity contribution in [2.24, 2.45) is 0 Å². The highest BCUT2D eigenvalue weighted by molar-refractivity contribution is 7.90. The van der Waals surface area contributed by atoms with E-state index in [0.29, 0.717) is 23.6 Å². The van der Waals surface area contributed by atoms with Crippen LogP contribution in [0.15, 0.2) is 59.5 Å². The molecule has 9 heteroatoms. The van der Waals surface area contributed by atoms with Crippen LogP contribution < -0.4 is 4.74 Å². The molecule has 5 nitrogen and oxygen atoms in total. The van der Waals surface area contributed by atoms with Gasteiger partial charge in [0.25, 0.3) is 0 Å². The van der Waals surface area contributed by atoms with Gasteiger partial charge in [-0.25, -0.2) is 13.1 Å². The molecule has 1 heterocycles. The molecule has 2 aromatic carbocycles. The first-order valence-electron chi connectivity index (χ1n) is 8.30. The molecule has 1 aromatic heterocycles. The Bertz CT molecular complexity index is 1070. The molecule has 0 bridgehead atoms. The van der Waals surface area contributed by atoms with Gasteiger partial charge in [-0.15, -0.1) is 0 Å². The predicted molar refractivity (Wildman–Crippen MR) is 98.3 cm³/mol. The first-order valence-corrected chi connectivity index (χ1v) is 10.2. The highest BCUT2D eigenvalue weighted by Gasteiger charge is 2.35. The van der Waals surface area contributed by atoms with Crippen molar-refractivity contribution in [1.82, 2.24) is 9.78 Å². The summed E-state index contributed by atoms with van der Waals surface area (Å²) in [6, 6.07) is 13.1. The van der Waals surface area contributed by atoms with Crippen molar-refractivity contribution in [3.63, 3.8) is 0 Å². The molecule has 0 aliphatic heterocycles. The zero-order valence-corrected chi connectivity index (χ0v) is 15.9. The molecule has 0 fully saturated rings. The van der Waals surface area contributed by atoms with E-state index in [4.69, 9.17) is 4.74 Å². The van der Waals surface area contributed by atoms with Gasteiger partial charge in [0.05, 0.1) is 22.9 Å². The molecular formula is C19H17F3N2O3S. The molecule has 3 rings (SSSR count). The van der Waals surface area contributed by atoms with Crippen molar-refractivity contribution in [3.8, 4) is 22.7 Å². The Labute approximate surface area is 160 Å². The summed E-state index contributed by atoms with van der Waals surface area (Å²) in [5.41, 5.74) is -0.0227. The maximum atomic E-state index is 13.2. The molecule has 0 aliphatic carbocycles. The van der Waals surface area contributed by atoms with Gasteiger partial charge in [-0.1, -0.05) is 12.1 Å². The normalized spacial score (nSPS) is 12.2. The molecule has 148 valence electrons. The molecule has 0 N–H and O–H groups in total. The summed E-state index contributed by atoms with van der Waals surface area (Å²) < 4.78 is 69.4. The van der Waals surface area contributed by atoms with Crippen molar-refractivity contribution in [1.29, 1.82) is 0 Å². The van der Waals surface area contributed by atoms with Gasteiger partial charge in [-0.3, -0.25) is 0 Å². The number of halogens is 3. The summed E-state index contributed by atoms with van der Waals surface area (Å²) in [6.45, 7) is 2.30. The fraction of sp³-hybridized carbons (Fsp3) is 0.211. The second-order valence-electron chi connectivity index (χ2n) is 6.05. The Kier molecular flexibility index (Phi) is 5.20. The van der Waals surface area contributed by atoms with Crippen molar-refractivity contribution in [2.45, 2.75) is 18.0 Å². The summed E-state index contributed by atoms with van der Waals surface area (Å²) in [5.74, 6) is 0.591. The zero-order valence-electron chi connectivity index (χ0n) is 15.1. The van der Waals surface area contributed by atoms with Crippen LogP contribution in [-0.4, -0.2) is 31.1 Å². The van der Waals surface area contributed by atoms with Gasteiger partial charge in [0.1, 0.15) is 5.75 Å². The largest absolute Gasteiger partial charge is 0.494 e. The molecule has 0 amide bonds. The number of alkyl halides is 3. The number of hydrogen-bond donors (Lipinski definition) is 0. The van der Waals surface area contributed by atoms with E-state index < -0.39 is 21.7 Å². The van der Waals surface area contributed by atoms with Gasteiger partial charge in [0.15, 0.2) is 15.5 Å². The van der Waals surface area contributed by atoms with Crippen molar-refractivity contribution in [2.75, 3.05) is 12.9 Å². The molecular weight excluding hydrogens is 393 g/mol. The second kappa shape index (κ2) is 7.31. The van der Waals surface area contributed by atoms with Gasteiger partial charge >= 0.3 is 6.18 Å². The Morgan fingerprint density at radius 1 is 1.04 bits per heavy atom. The van der Waals surface area contributed by atoms with E-state index in [9.17, 15) is 21.6 Å². The maximum Gasteiger partial charge on any atom is 0.435 e. The number of sulfone groups is 1. The molecule has 0 atom stereocenters. The van der Waals surface area contributed by atoms with Gasteiger partial charge in [0, 0.05) is 11.8 Å². The van der Waals surface area contributed by atoms with Crippen molar-refractivity contribution >= 4 is 9.84 Å². The minimum absolute atomic E-state index is 0.0828. The first-order chi connectivity index (χ1) is 13.1. The smallest absolute Gasteiger partial charge is 0.435 e. The van der Waals surface area contributed by atoms with E-state index in [1.165, 1.54) is 28.9 Å². The Morgan fingerprint density at radius 3 is 2.14 bits per heavy atom. The average molecular weight is 410 g/mol. The minimum Gasteiger partial charge on any atom is -0.494 e. The summed E-state index contributed by atoms with van der Waals surface area (Å²) in [5, 5.41) is 3.71. The highest BCUT2D eigenvalue weighted by atomic mass is 32.2. The third-order valence-electron chi connectivity index (χ3n) is 3.97. The highest BCUT2D eigenvalue weighted by Crippen LogP contribution is 2.33. The van der Waals surface area contributed by atoms with Crippen LogP contribution in [0.2, 0.25) is 0 Å². The fourth-order valence-corrected chi connectivity index (χ4v) is 3.28. The van der Waals surface area contributed by atoms with E-state index >= 15 is 0 Å².